The molecule has 0 bridgehead atoms. The molecule has 252 valence electrons. The summed E-state index contributed by atoms with van der Waals surface area (Å²) in [6, 6.07) is 8.80. The molecule has 0 aromatic heterocycles. The molecule has 1 N–H and O–H groups in total. The first-order valence-electron chi connectivity index (χ1n) is 12.9. The number of alkyl halides is 10. The van der Waals surface area contributed by atoms with Crippen molar-refractivity contribution in [2.75, 3.05) is 30.0 Å². The lowest BCUT2D eigenvalue weighted by Gasteiger charge is -2.31. The minimum atomic E-state index is -6.74. The van der Waals surface area contributed by atoms with Crippen LogP contribution < -0.4 is 10.2 Å². The molecule has 3 aromatic rings. The number of rotatable bonds is 9. The number of amides is 2. The quantitative estimate of drug-likeness (QED) is 0.176. The Labute approximate surface area is 266 Å². The second-order valence-corrected chi connectivity index (χ2v) is 10.3. The van der Waals surface area contributed by atoms with Crippen LogP contribution in [0.3, 0.4) is 0 Å². The largest absolute Gasteiger partial charge is 0.435 e. The van der Waals surface area contributed by atoms with Crippen LogP contribution in [0.5, 0.6) is 0 Å². The number of hydrogen-bond donors (Lipinski definition) is 1. The summed E-state index contributed by atoms with van der Waals surface area (Å²) in [6.07, 6.45) is -19.3. The van der Waals surface area contributed by atoms with Crippen molar-refractivity contribution in [2.24, 2.45) is 0 Å². The van der Waals surface area contributed by atoms with Crippen LogP contribution in [0.1, 0.15) is 44.3 Å². The molecule has 0 atom stereocenters. The second kappa shape index (κ2) is 13.9. The minimum absolute atomic E-state index is 0.0322. The van der Waals surface area contributed by atoms with Crippen LogP contribution in [0.15, 0.2) is 59.1 Å². The summed E-state index contributed by atoms with van der Waals surface area (Å²) in [5.74, 6) is -3.97. The normalized spacial score (nSPS) is 12.4. The monoisotopic (exact) mass is 745 g/mol. The highest BCUT2D eigenvalue weighted by Gasteiger charge is 2.73. The van der Waals surface area contributed by atoms with Crippen LogP contribution in [0.25, 0.3) is 0 Å². The summed E-state index contributed by atoms with van der Waals surface area (Å²) in [5, 5.41) is 10.6. The van der Waals surface area contributed by atoms with Crippen LogP contribution in [-0.4, -0.2) is 43.9 Å². The molecule has 0 aliphatic heterocycles. The lowest BCUT2D eigenvalue weighted by molar-refractivity contribution is -0.348. The number of nitriles is 1. The molecule has 3 aromatic carbocycles. The number of hydrogen-bond acceptors (Lipinski definition) is 4. The van der Waals surface area contributed by atoms with E-state index in [0.29, 0.717) is 0 Å². The third-order valence-electron chi connectivity index (χ3n) is 6.50. The molecule has 2 amide bonds. The van der Waals surface area contributed by atoms with Crippen molar-refractivity contribution in [3.63, 3.8) is 0 Å². The van der Waals surface area contributed by atoms with E-state index in [1.807, 2.05) is 6.07 Å². The van der Waals surface area contributed by atoms with Crippen LogP contribution in [-0.2, 0) is 16.6 Å². The van der Waals surface area contributed by atoms with E-state index < -0.39 is 80.4 Å². The van der Waals surface area contributed by atoms with Crippen molar-refractivity contribution >= 4 is 39.1 Å². The maximum Gasteiger partial charge on any atom is 0.435 e. The summed E-state index contributed by atoms with van der Waals surface area (Å²) in [7, 11) is 0. The van der Waals surface area contributed by atoms with Gasteiger partial charge in [-0.2, -0.15) is 44.8 Å². The van der Waals surface area contributed by atoms with E-state index >= 15 is 4.39 Å². The highest BCUT2D eigenvalue weighted by molar-refractivity contribution is 9.10. The molecule has 0 aliphatic carbocycles. The SMILES string of the molecule is CCOCCN(C(=O)c1ccc(C#N)cc1)c1cccc(C(=O)Nc2c(Br)cc(C(F)(C(F)(F)F)C(F)(F)F)cc2C(F)(F)F)c1F. The Bertz CT molecular complexity index is 1670. The topological polar surface area (TPSA) is 82.4 Å². The van der Waals surface area contributed by atoms with Gasteiger partial charge in [-0.05, 0) is 71.4 Å². The van der Waals surface area contributed by atoms with E-state index in [1.165, 1.54) is 24.3 Å². The smallest absolute Gasteiger partial charge is 0.380 e. The zero-order chi connectivity index (χ0) is 35.5. The Balaban J connectivity index is 2.11. The summed E-state index contributed by atoms with van der Waals surface area (Å²) in [4.78, 5) is 27.2. The number of carbonyl (C=O) groups is 2. The van der Waals surface area contributed by atoms with E-state index in [9.17, 15) is 53.5 Å². The van der Waals surface area contributed by atoms with Gasteiger partial charge in [0, 0.05) is 28.8 Å². The first kappa shape index (κ1) is 37.2. The highest BCUT2D eigenvalue weighted by Crippen LogP contribution is 2.55. The van der Waals surface area contributed by atoms with Crippen molar-refractivity contribution in [3.8, 4) is 6.07 Å². The molecule has 0 heterocycles. The fraction of sp³-hybridized carbons (Fsp3) is 0.276. The molecule has 0 fully saturated rings. The molecule has 18 heteroatoms. The first-order chi connectivity index (χ1) is 21.7. The number of halogens is 12. The molecule has 0 spiro atoms. The van der Waals surface area contributed by atoms with E-state index in [4.69, 9.17) is 10.00 Å². The van der Waals surface area contributed by atoms with Gasteiger partial charge in [0.05, 0.1) is 40.7 Å². The lowest BCUT2D eigenvalue weighted by Crippen LogP contribution is -2.50. The number of benzene rings is 3. The molecule has 0 aliphatic rings. The Morgan fingerprint density at radius 2 is 1.53 bits per heavy atom. The summed E-state index contributed by atoms with van der Waals surface area (Å²) < 4.78 is 156. The van der Waals surface area contributed by atoms with Crippen molar-refractivity contribution in [1.29, 1.82) is 5.26 Å². The van der Waals surface area contributed by atoms with Gasteiger partial charge in [0.15, 0.2) is 5.82 Å². The zero-order valence-corrected chi connectivity index (χ0v) is 25.1. The number of ether oxygens (including phenoxy) is 1. The predicted octanol–water partition coefficient (Wildman–Crippen LogP) is 8.70. The van der Waals surface area contributed by atoms with Crippen LogP contribution in [0, 0.1) is 17.1 Å². The van der Waals surface area contributed by atoms with E-state index in [2.05, 4.69) is 15.9 Å². The van der Waals surface area contributed by atoms with Gasteiger partial charge in [-0.25, -0.2) is 8.78 Å². The summed E-state index contributed by atoms with van der Waals surface area (Å²) in [6.45, 7) is 1.37. The summed E-state index contributed by atoms with van der Waals surface area (Å²) in [5.41, 5.74) is -13.9. The fourth-order valence-corrected chi connectivity index (χ4v) is 4.76. The Morgan fingerprint density at radius 1 is 0.936 bits per heavy atom. The van der Waals surface area contributed by atoms with Gasteiger partial charge in [0.2, 0.25) is 0 Å². The minimum Gasteiger partial charge on any atom is -0.380 e. The third kappa shape index (κ3) is 7.67. The fourth-order valence-electron chi connectivity index (χ4n) is 4.20. The maximum atomic E-state index is 15.8. The van der Waals surface area contributed by atoms with Crippen LogP contribution in [0.2, 0.25) is 0 Å². The Kier molecular flexibility index (Phi) is 11.0. The lowest BCUT2D eigenvalue weighted by atomic mass is 9.92. The number of anilines is 2. The number of carbonyl (C=O) groups excluding carboxylic acids is 2. The highest BCUT2D eigenvalue weighted by atomic mass is 79.9. The molecule has 6 nitrogen and oxygen atoms in total. The standard InChI is InChI=1S/C29H19BrF11N3O3/c1-2-47-11-10-44(25(46)16-8-6-15(14-42)7-9-16)21-5-3-4-18(22(21)31)24(45)43-23-19(27(33,34)35)12-17(13-20(23)30)26(32,28(36,37)38)29(39,40)41/h3-9,12-13H,2,10-11H2,1H3,(H,43,45). The van der Waals surface area contributed by atoms with Gasteiger partial charge in [-0.1, -0.05) is 6.07 Å². The van der Waals surface area contributed by atoms with E-state index in [1.54, 1.807) is 12.2 Å². The van der Waals surface area contributed by atoms with Gasteiger partial charge < -0.3 is 15.0 Å². The van der Waals surface area contributed by atoms with Crippen molar-refractivity contribution < 1.29 is 62.6 Å². The predicted molar refractivity (Wildman–Crippen MR) is 148 cm³/mol. The van der Waals surface area contributed by atoms with E-state index in [-0.39, 0.29) is 37.0 Å². The average Bonchev–Trinajstić information content (AvgIpc) is 2.98. The number of nitrogens with zero attached hydrogens (tertiary/aromatic N) is 2. The molecule has 0 saturated heterocycles. The Morgan fingerprint density at radius 3 is 2.04 bits per heavy atom. The van der Waals surface area contributed by atoms with Gasteiger partial charge in [-0.15, -0.1) is 0 Å². The summed E-state index contributed by atoms with van der Waals surface area (Å²) >= 11 is 2.37. The average molecular weight is 746 g/mol. The molecular weight excluding hydrogens is 727 g/mol. The molecule has 0 radical (unpaired) electrons. The Hall–Kier alpha value is -4.24. The van der Waals surface area contributed by atoms with Gasteiger partial charge >= 0.3 is 24.2 Å². The van der Waals surface area contributed by atoms with E-state index in [0.717, 1.165) is 23.1 Å². The van der Waals surface area contributed by atoms with Crippen LogP contribution in [0.4, 0.5) is 59.7 Å². The molecule has 47 heavy (non-hydrogen) atoms. The molecule has 0 saturated carbocycles. The van der Waals surface area contributed by atoms with Crippen molar-refractivity contribution in [1.82, 2.24) is 0 Å². The molecule has 0 unspecified atom stereocenters. The number of nitrogens with one attached hydrogen (secondary N) is 1. The molecular formula is C29H19BrF11N3O3. The van der Waals surface area contributed by atoms with Gasteiger partial charge in [0.25, 0.3) is 11.8 Å². The zero-order valence-electron chi connectivity index (χ0n) is 23.5. The second-order valence-electron chi connectivity index (χ2n) is 9.47. The maximum absolute atomic E-state index is 15.8. The van der Waals surface area contributed by atoms with Crippen LogP contribution >= 0.6 is 15.9 Å². The van der Waals surface area contributed by atoms with Crippen molar-refractivity contribution in [3.05, 3.63) is 92.7 Å². The first-order valence-corrected chi connectivity index (χ1v) is 13.7. The van der Waals surface area contributed by atoms with Gasteiger partial charge in [-0.3, -0.25) is 9.59 Å². The third-order valence-corrected chi connectivity index (χ3v) is 7.12. The van der Waals surface area contributed by atoms with Crippen molar-refractivity contribution in [2.45, 2.75) is 31.1 Å². The molecule has 3 rings (SSSR count). The van der Waals surface area contributed by atoms with Gasteiger partial charge in [0.1, 0.15) is 0 Å².